The number of ether oxygens (including phenoxy) is 1. The Balaban J connectivity index is 0.777. The Morgan fingerprint density at radius 3 is 2.46 bits per heavy atom. The summed E-state index contributed by atoms with van der Waals surface area (Å²) in [6, 6.07) is 16.6. The van der Waals surface area contributed by atoms with Gasteiger partial charge in [0.15, 0.2) is 5.82 Å². The second-order valence-corrected chi connectivity index (χ2v) is 18.1. The summed E-state index contributed by atoms with van der Waals surface area (Å²) in [4.78, 5) is 49.7. The third-order valence-corrected chi connectivity index (χ3v) is 13.2. The van der Waals surface area contributed by atoms with Gasteiger partial charge in [0.05, 0.1) is 48.5 Å². The molecule has 5 N–H and O–H groups in total. The number of nitrogens with zero attached hydrogens (tertiary/aromatic N) is 5. The minimum atomic E-state index is -3.47. The first-order valence-corrected chi connectivity index (χ1v) is 22.6. The van der Waals surface area contributed by atoms with Gasteiger partial charge in [0.25, 0.3) is 0 Å². The zero-order valence-electron chi connectivity index (χ0n) is 33.8. The number of piperidine rings is 2. The first kappa shape index (κ1) is 42.0. The van der Waals surface area contributed by atoms with Gasteiger partial charge in [-0.05, 0) is 61.6 Å². The highest BCUT2D eigenvalue weighted by atomic mass is 35.5. The van der Waals surface area contributed by atoms with Gasteiger partial charge in [-0.15, -0.1) is 0 Å². The molecular weight excluding hydrogens is 827 g/mol. The van der Waals surface area contributed by atoms with E-state index in [4.69, 9.17) is 16.3 Å². The van der Waals surface area contributed by atoms with E-state index in [1.807, 2.05) is 35.2 Å². The maximum absolute atomic E-state index is 15.0. The summed E-state index contributed by atoms with van der Waals surface area (Å²) in [6.45, 7) is 4.15. The standard InChI is InChI=1S/C42H48ClFN10O6S/c1-60-36-21-29(7-10-34(36)49-42-47-22-32(43)39(51-42)48-35-5-3-4-25-12-19-54(38(25)35)61(2,58)59)52-17-13-27(14-18-52)45-15-16-46-40(56)26-23-53(24-26)28-6-8-30(33(44)20-28)31-9-11-37(55)50-41(31)57/h3-8,10,20-22,26-27,31,45H,9,11-19,23-24H2,1-2H3,(H,46,56)(H,50,55,57)(H2,47,48,49,51). The maximum Gasteiger partial charge on any atom is 0.234 e. The molecular formula is C42H48ClFN10O6S. The topological polar surface area (TPSA) is 190 Å². The summed E-state index contributed by atoms with van der Waals surface area (Å²) < 4.78 is 47.1. The van der Waals surface area contributed by atoms with Crippen molar-refractivity contribution in [3.05, 3.63) is 82.8 Å². The molecule has 1 aromatic heterocycles. The number of carbonyl (C=O) groups excluding carboxylic acids is 3. The molecule has 3 saturated heterocycles. The first-order chi connectivity index (χ1) is 29.3. The Morgan fingerprint density at radius 1 is 0.951 bits per heavy atom. The van der Waals surface area contributed by atoms with Gasteiger partial charge in [-0.2, -0.15) is 4.98 Å². The summed E-state index contributed by atoms with van der Waals surface area (Å²) in [5, 5.41) is 15.6. The molecule has 322 valence electrons. The number of hydrogen-bond donors (Lipinski definition) is 5. The molecule has 0 aliphatic carbocycles. The zero-order valence-corrected chi connectivity index (χ0v) is 35.4. The Bertz CT molecular complexity index is 2450. The van der Waals surface area contributed by atoms with Crippen molar-refractivity contribution in [1.82, 2.24) is 25.9 Å². The quantitative estimate of drug-likeness (QED) is 0.0886. The molecule has 5 heterocycles. The number of sulfonamides is 1. The van der Waals surface area contributed by atoms with E-state index in [-0.39, 0.29) is 47.1 Å². The van der Waals surface area contributed by atoms with Crippen LogP contribution in [0.3, 0.4) is 0 Å². The lowest BCUT2D eigenvalue weighted by Gasteiger charge is -2.40. The van der Waals surface area contributed by atoms with Crippen LogP contribution in [0.5, 0.6) is 5.75 Å². The molecule has 19 heteroatoms. The summed E-state index contributed by atoms with van der Waals surface area (Å²) >= 11 is 6.50. The minimum Gasteiger partial charge on any atom is -0.494 e. The van der Waals surface area contributed by atoms with Crippen LogP contribution in [-0.2, 0) is 30.8 Å². The fraction of sp³-hybridized carbons (Fsp3) is 0.405. The lowest BCUT2D eigenvalue weighted by molar-refractivity contribution is -0.134. The van der Waals surface area contributed by atoms with Crippen molar-refractivity contribution in [1.29, 1.82) is 0 Å². The van der Waals surface area contributed by atoms with E-state index in [9.17, 15) is 27.2 Å². The number of benzene rings is 3. The summed E-state index contributed by atoms with van der Waals surface area (Å²) in [5.41, 5.74) is 4.69. The molecule has 4 aliphatic rings. The van der Waals surface area contributed by atoms with Gasteiger partial charge < -0.3 is 35.8 Å². The summed E-state index contributed by atoms with van der Waals surface area (Å²) in [7, 11) is -1.87. The molecule has 61 heavy (non-hydrogen) atoms. The number of para-hydroxylation sites is 1. The number of halogens is 2. The lowest BCUT2D eigenvalue weighted by Crippen LogP contribution is -2.54. The molecule has 8 rings (SSSR count). The average Bonchev–Trinajstić information content (AvgIpc) is 3.68. The molecule has 16 nitrogen and oxygen atoms in total. The van der Waals surface area contributed by atoms with Gasteiger partial charge in [0.2, 0.25) is 33.7 Å². The highest BCUT2D eigenvalue weighted by Crippen LogP contribution is 2.40. The van der Waals surface area contributed by atoms with Crippen molar-refractivity contribution in [3.8, 4) is 5.75 Å². The van der Waals surface area contributed by atoms with Crippen molar-refractivity contribution in [2.75, 3.05) is 83.9 Å². The molecule has 0 spiro atoms. The summed E-state index contributed by atoms with van der Waals surface area (Å²) in [5.74, 6) is -1.00. The predicted molar refractivity (Wildman–Crippen MR) is 232 cm³/mol. The van der Waals surface area contributed by atoms with E-state index in [0.717, 1.165) is 37.2 Å². The number of imide groups is 1. The van der Waals surface area contributed by atoms with E-state index in [2.05, 4.69) is 41.5 Å². The SMILES string of the molecule is COc1cc(N2CCC(NCCNC(=O)C3CN(c4ccc(C5CCC(=O)NC5=O)c(F)c4)C3)CC2)ccc1Nc1ncc(Cl)c(Nc2cccc3c2N(S(C)(=O)=O)CC3)n1. The molecule has 0 saturated carbocycles. The Hall–Kier alpha value is -5.72. The zero-order chi connectivity index (χ0) is 42.8. The number of carbonyl (C=O) groups is 3. The first-order valence-electron chi connectivity index (χ1n) is 20.3. The highest BCUT2D eigenvalue weighted by Gasteiger charge is 2.35. The smallest absolute Gasteiger partial charge is 0.234 e. The van der Waals surface area contributed by atoms with Gasteiger partial charge >= 0.3 is 0 Å². The second kappa shape index (κ2) is 17.7. The van der Waals surface area contributed by atoms with Crippen molar-refractivity contribution in [2.24, 2.45) is 5.92 Å². The normalized spacial score (nSPS) is 18.4. The number of aromatic nitrogens is 2. The molecule has 1 atom stereocenters. The highest BCUT2D eigenvalue weighted by molar-refractivity contribution is 7.92. The van der Waals surface area contributed by atoms with Crippen LogP contribution in [-0.4, -0.2) is 101 Å². The van der Waals surface area contributed by atoms with E-state index < -0.39 is 27.7 Å². The van der Waals surface area contributed by atoms with Crippen LogP contribution in [0.2, 0.25) is 5.02 Å². The predicted octanol–water partition coefficient (Wildman–Crippen LogP) is 4.42. The van der Waals surface area contributed by atoms with E-state index in [0.29, 0.717) is 79.5 Å². The van der Waals surface area contributed by atoms with Gasteiger partial charge in [-0.25, -0.2) is 17.8 Å². The molecule has 1 unspecified atom stereocenters. The number of nitrogens with one attached hydrogen (secondary N) is 5. The molecule has 3 fully saturated rings. The Kier molecular flexibility index (Phi) is 12.2. The van der Waals surface area contributed by atoms with Crippen molar-refractivity contribution in [2.45, 2.75) is 44.1 Å². The number of amides is 3. The molecule has 3 aromatic carbocycles. The molecule has 4 aliphatic heterocycles. The second-order valence-electron chi connectivity index (χ2n) is 15.7. The number of methoxy groups -OCH3 is 1. The molecule has 3 amide bonds. The molecule has 0 radical (unpaired) electrons. The van der Waals surface area contributed by atoms with Crippen LogP contribution < -0.4 is 45.4 Å². The Labute approximate surface area is 358 Å². The third kappa shape index (κ3) is 9.30. The lowest BCUT2D eigenvalue weighted by atomic mass is 9.89. The van der Waals surface area contributed by atoms with Crippen molar-refractivity contribution < 1.29 is 31.9 Å². The van der Waals surface area contributed by atoms with Crippen molar-refractivity contribution >= 4 is 79.5 Å². The van der Waals surface area contributed by atoms with E-state index >= 15 is 0 Å². The number of fused-ring (bicyclic) bond motifs is 1. The van der Waals surface area contributed by atoms with Crippen LogP contribution in [0.4, 0.5) is 44.6 Å². The Morgan fingerprint density at radius 2 is 1.72 bits per heavy atom. The third-order valence-electron chi connectivity index (χ3n) is 11.7. The average molecular weight is 875 g/mol. The van der Waals surface area contributed by atoms with Gasteiger partial charge in [0, 0.05) is 81.3 Å². The van der Waals surface area contributed by atoms with Crippen LogP contribution in [0.25, 0.3) is 0 Å². The monoisotopic (exact) mass is 874 g/mol. The van der Waals surface area contributed by atoms with Crippen LogP contribution in [0, 0.1) is 11.7 Å². The fourth-order valence-electron chi connectivity index (χ4n) is 8.39. The van der Waals surface area contributed by atoms with Gasteiger partial charge in [0.1, 0.15) is 16.6 Å². The maximum atomic E-state index is 15.0. The molecule has 0 bridgehead atoms. The van der Waals surface area contributed by atoms with Gasteiger partial charge in [-0.1, -0.05) is 29.8 Å². The van der Waals surface area contributed by atoms with Crippen molar-refractivity contribution in [3.63, 3.8) is 0 Å². The van der Waals surface area contributed by atoms with Crippen LogP contribution in [0.1, 0.15) is 42.7 Å². The largest absolute Gasteiger partial charge is 0.494 e. The number of anilines is 7. The van der Waals surface area contributed by atoms with E-state index in [1.165, 1.54) is 22.8 Å². The fourth-order valence-corrected chi connectivity index (χ4v) is 9.49. The number of hydrogen-bond acceptors (Lipinski definition) is 13. The number of rotatable bonds is 14. The van der Waals surface area contributed by atoms with Crippen LogP contribution >= 0.6 is 11.6 Å². The minimum absolute atomic E-state index is 0.0295. The molecule has 4 aromatic rings. The summed E-state index contributed by atoms with van der Waals surface area (Å²) in [6.07, 6.45) is 5.60. The van der Waals surface area contributed by atoms with E-state index in [1.54, 1.807) is 25.3 Å². The van der Waals surface area contributed by atoms with Crippen LogP contribution in [0.15, 0.2) is 60.8 Å². The van der Waals surface area contributed by atoms with Gasteiger partial charge in [-0.3, -0.25) is 24.0 Å².